The zero-order chi connectivity index (χ0) is 18.7. The van der Waals surface area contributed by atoms with Gasteiger partial charge in [-0.1, -0.05) is 6.92 Å². The number of hydrogen-bond acceptors (Lipinski definition) is 5. The van der Waals surface area contributed by atoms with Gasteiger partial charge in [0.05, 0.1) is 12.2 Å². The SMILES string of the molecule is C[C@]12CC[C@@H](O)C[C@@H]1CC[C@@H]1[C@@H]2[C@@H](O)C[C@]2(C=O)[C@@H](C(=O)CO)CC[C@@H]12. The average molecular weight is 364 g/mol. The standard InChI is InChI=1S/C21H32O5/c1-20-7-6-13(24)8-12(20)2-3-14-15-4-5-16(18(26)10-22)21(15,11-23)9-17(25)19(14)20/h11-17,19,22,24-25H,2-10H2,1H3/t12-,13+,14-,15-,16+,17-,19+,20-,21+/m0/s1. The highest BCUT2D eigenvalue weighted by atomic mass is 16.3. The third kappa shape index (κ3) is 2.39. The molecule has 9 atom stereocenters. The second-order valence-electron chi connectivity index (χ2n) is 9.76. The highest BCUT2D eigenvalue weighted by molar-refractivity contribution is 5.87. The summed E-state index contributed by atoms with van der Waals surface area (Å²) in [6.45, 7) is 1.76. The normalized spacial score (nSPS) is 53.3. The Bertz CT molecular complexity index is 591. The Morgan fingerprint density at radius 3 is 2.62 bits per heavy atom. The molecule has 0 spiro atoms. The van der Waals surface area contributed by atoms with Gasteiger partial charge in [0, 0.05) is 11.3 Å². The third-order valence-electron chi connectivity index (χ3n) is 8.94. The van der Waals surface area contributed by atoms with Gasteiger partial charge < -0.3 is 20.1 Å². The van der Waals surface area contributed by atoms with Crippen LogP contribution < -0.4 is 0 Å². The number of ketones is 1. The lowest BCUT2D eigenvalue weighted by Crippen LogP contribution is -2.60. The molecular weight excluding hydrogens is 332 g/mol. The Morgan fingerprint density at radius 2 is 1.92 bits per heavy atom. The molecule has 5 nitrogen and oxygen atoms in total. The van der Waals surface area contributed by atoms with E-state index in [9.17, 15) is 24.9 Å². The van der Waals surface area contributed by atoms with Crippen molar-refractivity contribution in [2.45, 2.75) is 70.5 Å². The molecule has 0 saturated heterocycles. The molecule has 3 N–H and O–H groups in total. The summed E-state index contributed by atoms with van der Waals surface area (Å²) in [5.74, 6) is 0.294. The summed E-state index contributed by atoms with van der Waals surface area (Å²) in [5.41, 5.74) is -0.784. The summed E-state index contributed by atoms with van der Waals surface area (Å²) >= 11 is 0. The number of aliphatic hydroxyl groups is 3. The van der Waals surface area contributed by atoms with E-state index < -0.39 is 24.0 Å². The zero-order valence-corrected chi connectivity index (χ0v) is 15.6. The van der Waals surface area contributed by atoms with Crippen molar-refractivity contribution >= 4 is 12.1 Å². The molecule has 26 heavy (non-hydrogen) atoms. The van der Waals surface area contributed by atoms with Crippen molar-refractivity contribution < 1.29 is 24.9 Å². The lowest BCUT2D eigenvalue weighted by Gasteiger charge is -2.61. The van der Waals surface area contributed by atoms with Gasteiger partial charge >= 0.3 is 0 Å². The maximum atomic E-state index is 12.3. The van der Waals surface area contributed by atoms with Gasteiger partial charge in [-0.05, 0) is 80.5 Å². The van der Waals surface area contributed by atoms with E-state index in [4.69, 9.17) is 0 Å². The van der Waals surface area contributed by atoms with Crippen LogP contribution in [-0.4, -0.2) is 46.2 Å². The molecule has 4 fully saturated rings. The minimum atomic E-state index is -0.794. The highest BCUT2D eigenvalue weighted by Crippen LogP contribution is 2.67. The van der Waals surface area contributed by atoms with Gasteiger partial charge in [0.2, 0.25) is 0 Å². The third-order valence-corrected chi connectivity index (χ3v) is 8.94. The molecule has 0 bridgehead atoms. The number of fused-ring (bicyclic) bond motifs is 5. The van der Waals surface area contributed by atoms with Crippen LogP contribution in [0.2, 0.25) is 0 Å². The molecular formula is C21H32O5. The molecule has 146 valence electrons. The van der Waals surface area contributed by atoms with Gasteiger partial charge in [-0.25, -0.2) is 0 Å². The molecule has 4 aliphatic rings. The van der Waals surface area contributed by atoms with E-state index >= 15 is 0 Å². The van der Waals surface area contributed by atoms with Crippen molar-refractivity contribution in [2.24, 2.45) is 40.4 Å². The Morgan fingerprint density at radius 1 is 1.15 bits per heavy atom. The van der Waals surface area contributed by atoms with Crippen LogP contribution in [0.4, 0.5) is 0 Å². The van der Waals surface area contributed by atoms with E-state index in [-0.39, 0.29) is 35.1 Å². The Labute approximate surface area is 155 Å². The first kappa shape index (κ1) is 18.6. The fourth-order valence-electron chi connectivity index (χ4n) is 7.85. The maximum Gasteiger partial charge on any atom is 0.162 e. The minimum Gasteiger partial charge on any atom is -0.393 e. The molecule has 5 heteroatoms. The van der Waals surface area contributed by atoms with E-state index in [1.807, 2.05) is 0 Å². The minimum absolute atomic E-state index is 0.00960. The van der Waals surface area contributed by atoms with Crippen molar-refractivity contribution in [3.8, 4) is 0 Å². The first-order chi connectivity index (χ1) is 12.4. The fraction of sp³-hybridized carbons (Fsp3) is 0.905. The molecule has 4 aliphatic carbocycles. The average Bonchev–Trinajstić information content (AvgIpc) is 3.00. The molecule has 0 aliphatic heterocycles. The van der Waals surface area contributed by atoms with Gasteiger partial charge in [-0.3, -0.25) is 4.79 Å². The van der Waals surface area contributed by atoms with Crippen LogP contribution in [0.5, 0.6) is 0 Å². The van der Waals surface area contributed by atoms with Crippen LogP contribution in [0, 0.1) is 40.4 Å². The topological polar surface area (TPSA) is 94.8 Å². The zero-order valence-electron chi connectivity index (χ0n) is 15.6. The molecule has 0 aromatic rings. The summed E-state index contributed by atoms with van der Waals surface area (Å²) < 4.78 is 0. The van der Waals surface area contributed by atoms with E-state index in [1.54, 1.807) is 0 Å². The summed E-state index contributed by atoms with van der Waals surface area (Å²) in [5, 5.41) is 30.7. The Hall–Kier alpha value is -0.780. The van der Waals surface area contributed by atoms with E-state index in [0.717, 1.165) is 44.8 Å². The molecule has 0 amide bonds. The van der Waals surface area contributed by atoms with Gasteiger partial charge in [-0.15, -0.1) is 0 Å². The van der Waals surface area contributed by atoms with Crippen molar-refractivity contribution in [1.29, 1.82) is 0 Å². The highest BCUT2D eigenvalue weighted by Gasteiger charge is 2.65. The lowest BCUT2D eigenvalue weighted by molar-refractivity contribution is -0.182. The second kappa shape index (κ2) is 6.39. The van der Waals surface area contributed by atoms with Crippen molar-refractivity contribution in [2.75, 3.05) is 6.61 Å². The largest absolute Gasteiger partial charge is 0.393 e. The summed E-state index contributed by atoms with van der Waals surface area (Å²) in [6.07, 6.45) is 6.51. The second-order valence-corrected chi connectivity index (χ2v) is 9.76. The monoisotopic (exact) mass is 364 g/mol. The van der Waals surface area contributed by atoms with E-state index in [2.05, 4.69) is 6.92 Å². The summed E-state index contributed by atoms with van der Waals surface area (Å²) in [4.78, 5) is 24.6. The quantitative estimate of drug-likeness (QED) is 0.663. The predicted molar refractivity (Wildman–Crippen MR) is 95.1 cm³/mol. The number of aliphatic hydroxyl groups excluding tert-OH is 3. The van der Waals surface area contributed by atoms with Crippen molar-refractivity contribution in [3.05, 3.63) is 0 Å². The van der Waals surface area contributed by atoms with Crippen LogP contribution in [0.1, 0.15) is 58.3 Å². The number of carbonyl (C=O) groups is 2. The van der Waals surface area contributed by atoms with Gasteiger partial charge in [0.1, 0.15) is 12.9 Å². The van der Waals surface area contributed by atoms with E-state index in [1.165, 1.54) is 0 Å². The molecule has 4 saturated carbocycles. The maximum absolute atomic E-state index is 12.3. The molecule has 0 aromatic carbocycles. The first-order valence-electron chi connectivity index (χ1n) is 10.3. The lowest BCUT2D eigenvalue weighted by atomic mass is 9.43. The number of aldehydes is 1. The first-order valence-corrected chi connectivity index (χ1v) is 10.3. The molecule has 0 aromatic heterocycles. The number of rotatable bonds is 3. The molecule has 0 radical (unpaired) electrons. The van der Waals surface area contributed by atoms with Crippen molar-refractivity contribution in [1.82, 2.24) is 0 Å². The van der Waals surface area contributed by atoms with Crippen LogP contribution >= 0.6 is 0 Å². The number of carbonyl (C=O) groups excluding carboxylic acids is 2. The van der Waals surface area contributed by atoms with Gasteiger partial charge in [0.25, 0.3) is 0 Å². The summed E-state index contributed by atoms with van der Waals surface area (Å²) in [6, 6.07) is 0. The summed E-state index contributed by atoms with van der Waals surface area (Å²) in [7, 11) is 0. The van der Waals surface area contributed by atoms with Gasteiger partial charge in [-0.2, -0.15) is 0 Å². The van der Waals surface area contributed by atoms with Crippen LogP contribution in [-0.2, 0) is 9.59 Å². The number of Topliss-reactive ketones (excluding diaryl/α,β-unsaturated/α-hetero) is 1. The smallest absolute Gasteiger partial charge is 0.162 e. The van der Waals surface area contributed by atoms with Crippen LogP contribution in [0.25, 0.3) is 0 Å². The van der Waals surface area contributed by atoms with Gasteiger partial charge in [0.15, 0.2) is 5.78 Å². The Kier molecular flexibility index (Phi) is 4.56. The number of hydrogen-bond donors (Lipinski definition) is 3. The van der Waals surface area contributed by atoms with Crippen LogP contribution in [0.15, 0.2) is 0 Å². The van der Waals surface area contributed by atoms with E-state index in [0.29, 0.717) is 18.8 Å². The Balaban J connectivity index is 1.69. The molecule has 4 rings (SSSR count). The predicted octanol–water partition coefficient (Wildman–Crippen LogP) is 1.72. The molecule has 0 heterocycles. The van der Waals surface area contributed by atoms with Crippen molar-refractivity contribution in [3.63, 3.8) is 0 Å². The van der Waals surface area contributed by atoms with Crippen LogP contribution in [0.3, 0.4) is 0 Å². The molecule has 0 unspecified atom stereocenters. The fourth-order valence-corrected chi connectivity index (χ4v) is 7.85.